The Bertz CT molecular complexity index is 352. The summed E-state index contributed by atoms with van der Waals surface area (Å²) < 4.78 is 4.61. The van der Waals surface area contributed by atoms with Crippen LogP contribution in [-0.2, 0) is 16.0 Å². The third-order valence-corrected chi connectivity index (χ3v) is 3.45. The number of nitrogens with zero attached hydrogens (tertiary/aromatic N) is 2. The van der Waals surface area contributed by atoms with E-state index in [1.807, 2.05) is 5.38 Å². The van der Waals surface area contributed by atoms with Crippen LogP contribution < -0.4 is 4.90 Å². The minimum absolute atomic E-state index is 0.180. The number of aryl methyl sites for hydroxylation is 1. The number of hydrogen-bond acceptors (Lipinski definition) is 5. The highest BCUT2D eigenvalue weighted by Gasteiger charge is 2.09. The van der Waals surface area contributed by atoms with Gasteiger partial charge in [0.15, 0.2) is 5.13 Å². The van der Waals surface area contributed by atoms with E-state index < -0.39 is 0 Å². The van der Waals surface area contributed by atoms with Crippen LogP contribution in [0.25, 0.3) is 0 Å². The molecule has 96 valence electrons. The monoisotopic (exact) mass is 256 g/mol. The summed E-state index contributed by atoms with van der Waals surface area (Å²) in [6, 6.07) is 0. The fourth-order valence-electron chi connectivity index (χ4n) is 1.55. The highest BCUT2D eigenvalue weighted by Crippen LogP contribution is 2.21. The molecule has 4 nitrogen and oxygen atoms in total. The first-order chi connectivity index (χ1) is 8.21. The quantitative estimate of drug-likeness (QED) is 0.703. The van der Waals surface area contributed by atoms with Crippen molar-refractivity contribution in [2.24, 2.45) is 0 Å². The van der Waals surface area contributed by atoms with Crippen LogP contribution in [0.1, 0.15) is 32.4 Å². The number of rotatable bonds is 7. The lowest BCUT2D eigenvalue weighted by atomic mass is 10.2. The molecule has 17 heavy (non-hydrogen) atoms. The molecule has 0 saturated carbocycles. The van der Waals surface area contributed by atoms with Crippen molar-refractivity contribution >= 4 is 22.4 Å². The number of aromatic nitrogens is 1. The number of carbonyl (C=O) groups is 1. The van der Waals surface area contributed by atoms with E-state index in [2.05, 4.69) is 28.5 Å². The average Bonchev–Trinajstić information content (AvgIpc) is 2.81. The van der Waals surface area contributed by atoms with Crippen LogP contribution in [0, 0.1) is 0 Å². The second kappa shape index (κ2) is 7.27. The van der Waals surface area contributed by atoms with Gasteiger partial charge in [-0.05, 0) is 13.3 Å². The van der Waals surface area contributed by atoms with E-state index in [4.69, 9.17) is 0 Å². The van der Waals surface area contributed by atoms with Gasteiger partial charge in [-0.3, -0.25) is 4.79 Å². The van der Waals surface area contributed by atoms with E-state index >= 15 is 0 Å². The summed E-state index contributed by atoms with van der Waals surface area (Å²) in [5.74, 6) is -0.180. The van der Waals surface area contributed by atoms with Gasteiger partial charge < -0.3 is 9.64 Å². The standard InChI is InChI=1S/C12H20N2O2S/c1-4-8-14(5-2)12-13-10(9-17-12)6-7-11(15)16-3/h9H,4-8H2,1-3H3. The summed E-state index contributed by atoms with van der Waals surface area (Å²) in [5, 5.41) is 3.07. The van der Waals surface area contributed by atoms with E-state index in [1.54, 1.807) is 11.3 Å². The molecule has 0 aliphatic rings. The van der Waals surface area contributed by atoms with Gasteiger partial charge in [-0.15, -0.1) is 11.3 Å². The Morgan fingerprint density at radius 1 is 1.53 bits per heavy atom. The highest BCUT2D eigenvalue weighted by molar-refractivity contribution is 7.13. The first-order valence-electron chi connectivity index (χ1n) is 5.97. The van der Waals surface area contributed by atoms with Gasteiger partial charge in [0.05, 0.1) is 19.2 Å². The molecule has 0 unspecified atom stereocenters. The number of anilines is 1. The van der Waals surface area contributed by atoms with Gasteiger partial charge in [0.25, 0.3) is 0 Å². The lowest BCUT2D eigenvalue weighted by molar-refractivity contribution is -0.140. The molecule has 0 aliphatic heterocycles. The number of ether oxygens (including phenoxy) is 1. The lowest BCUT2D eigenvalue weighted by Crippen LogP contribution is -2.23. The first kappa shape index (κ1) is 14.0. The molecular formula is C12H20N2O2S. The van der Waals surface area contributed by atoms with Crippen molar-refractivity contribution in [1.29, 1.82) is 0 Å². The van der Waals surface area contributed by atoms with Crippen LogP contribution in [-0.4, -0.2) is 31.2 Å². The van der Waals surface area contributed by atoms with Gasteiger partial charge in [0.2, 0.25) is 0 Å². The van der Waals surface area contributed by atoms with E-state index in [0.717, 1.165) is 30.3 Å². The fourth-order valence-corrected chi connectivity index (χ4v) is 2.50. The van der Waals surface area contributed by atoms with Crippen molar-refractivity contribution in [1.82, 2.24) is 4.98 Å². The number of thiazole rings is 1. The first-order valence-corrected chi connectivity index (χ1v) is 6.85. The predicted octanol–water partition coefficient (Wildman–Crippen LogP) is 2.49. The Labute approximate surface area is 107 Å². The molecule has 0 aromatic carbocycles. The minimum Gasteiger partial charge on any atom is -0.469 e. The molecule has 0 fully saturated rings. The third-order valence-electron chi connectivity index (χ3n) is 2.50. The van der Waals surface area contributed by atoms with E-state index in [9.17, 15) is 4.79 Å². The predicted molar refractivity (Wildman–Crippen MR) is 70.6 cm³/mol. The largest absolute Gasteiger partial charge is 0.469 e. The van der Waals surface area contributed by atoms with Crippen LogP contribution >= 0.6 is 11.3 Å². The molecule has 0 atom stereocenters. The second-order valence-corrected chi connectivity index (χ2v) is 4.61. The minimum atomic E-state index is -0.180. The summed E-state index contributed by atoms with van der Waals surface area (Å²) in [4.78, 5) is 17.8. The van der Waals surface area contributed by atoms with Gasteiger partial charge >= 0.3 is 5.97 Å². The van der Waals surface area contributed by atoms with Crippen LogP contribution in [0.4, 0.5) is 5.13 Å². The van der Waals surface area contributed by atoms with Crippen molar-refractivity contribution in [3.63, 3.8) is 0 Å². The molecule has 1 aromatic heterocycles. The Hall–Kier alpha value is -1.10. The highest BCUT2D eigenvalue weighted by atomic mass is 32.1. The zero-order chi connectivity index (χ0) is 12.7. The SMILES string of the molecule is CCCN(CC)c1nc(CCC(=O)OC)cs1. The molecule has 0 spiro atoms. The van der Waals surface area contributed by atoms with Crippen molar-refractivity contribution in [2.45, 2.75) is 33.1 Å². The molecule has 5 heteroatoms. The summed E-state index contributed by atoms with van der Waals surface area (Å²) in [7, 11) is 1.41. The van der Waals surface area contributed by atoms with Gasteiger partial charge in [-0.1, -0.05) is 6.92 Å². The lowest BCUT2D eigenvalue weighted by Gasteiger charge is -2.18. The summed E-state index contributed by atoms with van der Waals surface area (Å²) in [6.07, 6.45) is 2.18. The van der Waals surface area contributed by atoms with Crippen LogP contribution in [0.5, 0.6) is 0 Å². The molecule has 0 aliphatic carbocycles. The van der Waals surface area contributed by atoms with Crippen LogP contribution in [0.3, 0.4) is 0 Å². The number of carbonyl (C=O) groups excluding carboxylic acids is 1. The van der Waals surface area contributed by atoms with E-state index in [1.165, 1.54) is 7.11 Å². The maximum absolute atomic E-state index is 11.0. The van der Waals surface area contributed by atoms with Crippen molar-refractivity contribution in [2.75, 3.05) is 25.1 Å². The molecule has 1 aromatic rings. The second-order valence-electron chi connectivity index (χ2n) is 3.78. The van der Waals surface area contributed by atoms with Crippen molar-refractivity contribution in [3.05, 3.63) is 11.1 Å². The molecule has 1 rings (SSSR count). The molecule has 0 N–H and O–H groups in total. The van der Waals surface area contributed by atoms with Crippen molar-refractivity contribution in [3.8, 4) is 0 Å². The number of methoxy groups -OCH3 is 1. The van der Waals surface area contributed by atoms with Crippen molar-refractivity contribution < 1.29 is 9.53 Å². The Morgan fingerprint density at radius 3 is 2.88 bits per heavy atom. The van der Waals surface area contributed by atoms with Gasteiger partial charge in [-0.25, -0.2) is 4.98 Å². The normalized spacial score (nSPS) is 10.3. The maximum atomic E-state index is 11.0. The molecule has 1 heterocycles. The summed E-state index contributed by atoms with van der Waals surface area (Å²) in [6.45, 7) is 6.29. The van der Waals surface area contributed by atoms with Gasteiger partial charge in [0, 0.05) is 24.9 Å². The Balaban J connectivity index is 2.54. The molecule has 0 radical (unpaired) electrons. The van der Waals surface area contributed by atoms with Crippen LogP contribution in [0.15, 0.2) is 5.38 Å². The Kier molecular flexibility index (Phi) is 5.97. The molecular weight excluding hydrogens is 236 g/mol. The zero-order valence-electron chi connectivity index (χ0n) is 10.7. The van der Waals surface area contributed by atoms with Crippen LogP contribution in [0.2, 0.25) is 0 Å². The summed E-state index contributed by atoms with van der Waals surface area (Å²) in [5.41, 5.74) is 0.977. The molecule has 0 bridgehead atoms. The van der Waals surface area contributed by atoms with E-state index in [-0.39, 0.29) is 5.97 Å². The Morgan fingerprint density at radius 2 is 2.29 bits per heavy atom. The van der Waals surface area contributed by atoms with Gasteiger partial charge in [-0.2, -0.15) is 0 Å². The maximum Gasteiger partial charge on any atom is 0.305 e. The number of hydrogen-bond donors (Lipinski definition) is 0. The topological polar surface area (TPSA) is 42.4 Å². The number of esters is 1. The smallest absolute Gasteiger partial charge is 0.305 e. The van der Waals surface area contributed by atoms with E-state index in [0.29, 0.717) is 12.8 Å². The summed E-state index contributed by atoms with van der Waals surface area (Å²) >= 11 is 1.64. The molecule has 0 amide bonds. The third kappa shape index (κ3) is 4.34. The molecule has 0 saturated heterocycles. The fraction of sp³-hybridized carbons (Fsp3) is 0.667. The average molecular weight is 256 g/mol. The zero-order valence-corrected chi connectivity index (χ0v) is 11.5. The van der Waals surface area contributed by atoms with Gasteiger partial charge in [0.1, 0.15) is 0 Å².